The quantitative estimate of drug-likeness (QED) is 0.857. The van der Waals surface area contributed by atoms with Gasteiger partial charge in [-0.05, 0) is 31.4 Å². The molecular weight excluding hydrogens is 290 g/mol. The average Bonchev–Trinajstić information content (AvgIpc) is 3.02. The van der Waals surface area contributed by atoms with Crippen LogP contribution in [0.5, 0.6) is 0 Å². The first kappa shape index (κ1) is 15.4. The molecule has 0 saturated carbocycles. The summed E-state index contributed by atoms with van der Waals surface area (Å²) in [5.41, 5.74) is 3.23. The van der Waals surface area contributed by atoms with Gasteiger partial charge in [-0.1, -0.05) is 0 Å². The van der Waals surface area contributed by atoms with E-state index in [0.29, 0.717) is 12.4 Å². The lowest BCUT2D eigenvalue weighted by Gasteiger charge is -2.22. The molecule has 0 saturated heterocycles. The molecule has 6 nitrogen and oxygen atoms in total. The Morgan fingerprint density at radius 2 is 1.87 bits per heavy atom. The number of carbonyl (C=O) groups excluding carboxylic acids is 1. The van der Waals surface area contributed by atoms with E-state index < -0.39 is 0 Å². The van der Waals surface area contributed by atoms with E-state index in [9.17, 15) is 4.79 Å². The molecule has 0 bridgehead atoms. The molecule has 0 unspecified atom stereocenters. The third-order valence-electron chi connectivity index (χ3n) is 4.08. The van der Waals surface area contributed by atoms with Crippen LogP contribution in [0.4, 0.5) is 5.82 Å². The predicted octanol–water partition coefficient (Wildman–Crippen LogP) is 1.55. The topological polar surface area (TPSA) is 62.2 Å². The Morgan fingerprint density at radius 1 is 1.13 bits per heavy atom. The van der Waals surface area contributed by atoms with Gasteiger partial charge in [0.2, 0.25) is 5.91 Å². The van der Waals surface area contributed by atoms with Crippen LogP contribution in [0.25, 0.3) is 11.4 Å². The lowest BCUT2D eigenvalue weighted by atomic mass is 10.2. The van der Waals surface area contributed by atoms with Crippen molar-refractivity contribution >= 4 is 11.7 Å². The molecule has 0 atom stereocenters. The van der Waals surface area contributed by atoms with Crippen molar-refractivity contribution in [3.63, 3.8) is 0 Å². The van der Waals surface area contributed by atoms with Gasteiger partial charge in [0.15, 0.2) is 5.82 Å². The number of hydrogen-bond acceptors (Lipinski definition) is 5. The Balaban J connectivity index is 1.99. The van der Waals surface area contributed by atoms with Crippen LogP contribution < -0.4 is 4.90 Å². The second kappa shape index (κ2) is 6.32. The molecule has 0 aromatic carbocycles. The number of pyridine rings is 1. The first-order chi connectivity index (χ1) is 11.1. The van der Waals surface area contributed by atoms with Crippen LogP contribution in [0.2, 0.25) is 0 Å². The Kier molecular flexibility index (Phi) is 4.23. The van der Waals surface area contributed by atoms with Gasteiger partial charge in [0.1, 0.15) is 5.82 Å². The fraction of sp³-hybridized carbons (Fsp3) is 0.412. The summed E-state index contributed by atoms with van der Waals surface area (Å²) in [6.07, 6.45) is 6.52. The molecule has 0 radical (unpaired) electrons. The van der Waals surface area contributed by atoms with Crippen molar-refractivity contribution in [2.24, 2.45) is 0 Å². The summed E-state index contributed by atoms with van der Waals surface area (Å²) in [4.78, 5) is 29.0. The van der Waals surface area contributed by atoms with E-state index in [-0.39, 0.29) is 5.91 Å². The molecule has 1 amide bonds. The van der Waals surface area contributed by atoms with Crippen molar-refractivity contribution in [3.05, 3.63) is 35.8 Å². The second-order valence-electron chi connectivity index (χ2n) is 6.03. The summed E-state index contributed by atoms with van der Waals surface area (Å²) in [6.45, 7) is 0.312. The van der Waals surface area contributed by atoms with Gasteiger partial charge >= 0.3 is 0 Å². The van der Waals surface area contributed by atoms with Gasteiger partial charge in [-0.25, -0.2) is 9.97 Å². The predicted molar refractivity (Wildman–Crippen MR) is 89.3 cm³/mol. The zero-order valence-corrected chi connectivity index (χ0v) is 13.8. The largest absolute Gasteiger partial charge is 0.350 e. The van der Waals surface area contributed by atoms with Crippen molar-refractivity contribution in [1.29, 1.82) is 0 Å². The molecule has 0 fully saturated rings. The third kappa shape index (κ3) is 3.16. The molecule has 0 spiro atoms. The zero-order chi connectivity index (χ0) is 16.4. The van der Waals surface area contributed by atoms with E-state index in [1.54, 1.807) is 31.4 Å². The lowest BCUT2D eigenvalue weighted by molar-refractivity contribution is -0.127. The van der Waals surface area contributed by atoms with E-state index in [4.69, 9.17) is 9.97 Å². The lowest BCUT2D eigenvalue weighted by Crippen LogP contribution is -2.35. The summed E-state index contributed by atoms with van der Waals surface area (Å²) in [5.74, 6) is 1.63. The van der Waals surface area contributed by atoms with Crippen molar-refractivity contribution in [1.82, 2.24) is 19.9 Å². The number of carbonyl (C=O) groups is 1. The number of anilines is 1. The highest BCUT2D eigenvalue weighted by atomic mass is 16.2. The Bertz CT molecular complexity index is 714. The summed E-state index contributed by atoms with van der Waals surface area (Å²) in [6, 6.07) is 3.82. The fourth-order valence-corrected chi connectivity index (χ4v) is 2.78. The SMILES string of the molecule is CN(C)C(=O)CN(C)c1nc(-c2ccncc2)nc2c1CCC2. The highest BCUT2D eigenvalue weighted by molar-refractivity contribution is 5.81. The molecule has 6 heteroatoms. The molecule has 0 N–H and O–H groups in total. The van der Waals surface area contributed by atoms with Crippen molar-refractivity contribution in [2.75, 3.05) is 32.6 Å². The Labute approximate surface area is 136 Å². The number of fused-ring (bicyclic) bond motifs is 1. The summed E-state index contributed by atoms with van der Waals surface area (Å²) in [7, 11) is 5.45. The molecule has 120 valence electrons. The minimum absolute atomic E-state index is 0.0586. The van der Waals surface area contributed by atoms with Gasteiger partial charge in [0, 0.05) is 50.4 Å². The standard InChI is InChI=1S/C17H21N5O/c1-21(2)15(23)11-22(3)17-13-5-4-6-14(13)19-16(20-17)12-7-9-18-10-8-12/h7-10H,4-6,11H2,1-3H3. The monoisotopic (exact) mass is 311 g/mol. The molecule has 3 rings (SSSR count). The minimum Gasteiger partial charge on any atom is -0.350 e. The number of nitrogens with zero attached hydrogens (tertiary/aromatic N) is 5. The van der Waals surface area contributed by atoms with Crippen LogP contribution in [0.1, 0.15) is 17.7 Å². The summed E-state index contributed by atoms with van der Waals surface area (Å²) < 4.78 is 0. The van der Waals surface area contributed by atoms with E-state index in [1.165, 1.54) is 5.56 Å². The summed E-state index contributed by atoms with van der Waals surface area (Å²) >= 11 is 0. The highest BCUT2D eigenvalue weighted by Crippen LogP contribution is 2.30. The number of amides is 1. The van der Waals surface area contributed by atoms with Crippen LogP contribution in [-0.4, -0.2) is 53.4 Å². The smallest absolute Gasteiger partial charge is 0.241 e. The van der Waals surface area contributed by atoms with E-state index in [1.807, 2.05) is 24.1 Å². The molecule has 0 aliphatic heterocycles. The van der Waals surface area contributed by atoms with Gasteiger partial charge < -0.3 is 9.80 Å². The number of aryl methyl sites for hydroxylation is 1. The average molecular weight is 311 g/mol. The molecule has 1 aliphatic carbocycles. The molecule has 2 aromatic rings. The Morgan fingerprint density at radius 3 is 2.57 bits per heavy atom. The number of rotatable bonds is 4. The maximum absolute atomic E-state index is 12.0. The van der Waals surface area contributed by atoms with Crippen LogP contribution in [-0.2, 0) is 17.6 Å². The molecule has 2 aromatic heterocycles. The Hall–Kier alpha value is -2.50. The maximum atomic E-state index is 12.0. The van der Waals surface area contributed by atoms with Gasteiger partial charge in [0.05, 0.1) is 6.54 Å². The molecule has 1 aliphatic rings. The first-order valence-corrected chi connectivity index (χ1v) is 7.77. The van der Waals surface area contributed by atoms with Gasteiger partial charge in [-0.15, -0.1) is 0 Å². The normalized spacial score (nSPS) is 12.8. The third-order valence-corrected chi connectivity index (χ3v) is 4.08. The first-order valence-electron chi connectivity index (χ1n) is 7.77. The molecule has 2 heterocycles. The summed E-state index contributed by atoms with van der Waals surface area (Å²) in [5, 5.41) is 0. The van der Waals surface area contributed by atoms with Crippen molar-refractivity contribution < 1.29 is 4.79 Å². The van der Waals surface area contributed by atoms with Crippen LogP contribution in [0.15, 0.2) is 24.5 Å². The van der Waals surface area contributed by atoms with Gasteiger partial charge in [0.25, 0.3) is 0 Å². The number of likely N-dealkylation sites (N-methyl/N-ethyl adjacent to an activating group) is 2. The van der Waals surface area contributed by atoms with E-state index >= 15 is 0 Å². The van der Waals surface area contributed by atoms with Crippen molar-refractivity contribution in [3.8, 4) is 11.4 Å². The number of hydrogen-bond donors (Lipinski definition) is 0. The van der Waals surface area contributed by atoms with Gasteiger partial charge in [-0.2, -0.15) is 0 Å². The van der Waals surface area contributed by atoms with Gasteiger partial charge in [-0.3, -0.25) is 9.78 Å². The highest BCUT2D eigenvalue weighted by Gasteiger charge is 2.23. The molecular formula is C17H21N5O. The minimum atomic E-state index is 0.0586. The number of aromatic nitrogens is 3. The molecule has 23 heavy (non-hydrogen) atoms. The van der Waals surface area contributed by atoms with Crippen molar-refractivity contribution in [2.45, 2.75) is 19.3 Å². The zero-order valence-electron chi connectivity index (χ0n) is 13.8. The second-order valence-corrected chi connectivity index (χ2v) is 6.03. The van der Waals surface area contributed by atoms with Crippen LogP contribution >= 0.6 is 0 Å². The van der Waals surface area contributed by atoms with Crippen LogP contribution in [0, 0.1) is 0 Å². The van der Waals surface area contributed by atoms with E-state index in [2.05, 4.69) is 4.98 Å². The fourth-order valence-electron chi connectivity index (χ4n) is 2.78. The van der Waals surface area contributed by atoms with Crippen LogP contribution in [0.3, 0.4) is 0 Å². The maximum Gasteiger partial charge on any atom is 0.241 e. The van der Waals surface area contributed by atoms with E-state index in [0.717, 1.165) is 36.3 Å².